The first-order valence-corrected chi connectivity index (χ1v) is 5.77. The van der Waals surface area contributed by atoms with Crippen molar-refractivity contribution in [2.45, 2.75) is 25.8 Å². The fraction of sp³-hybridized carbons (Fsp3) is 0.462. The molecule has 1 aromatic rings. The van der Waals surface area contributed by atoms with Crippen LogP contribution < -0.4 is 10.6 Å². The molecule has 4 nitrogen and oxygen atoms in total. The number of nitrogens with zero attached hydrogens (tertiary/aromatic N) is 1. The van der Waals surface area contributed by atoms with Crippen LogP contribution in [0.4, 0.5) is 5.69 Å². The average Bonchev–Trinajstić information content (AvgIpc) is 2.67. The number of hydrogen-bond acceptors (Lipinski definition) is 3. The lowest BCUT2D eigenvalue weighted by Crippen LogP contribution is -2.50. The third kappa shape index (κ3) is 2.13. The molecule has 1 aliphatic heterocycles. The quantitative estimate of drug-likeness (QED) is 0.809. The molecule has 1 aromatic carbocycles. The lowest BCUT2D eigenvalue weighted by molar-refractivity contribution is -0.142. The summed E-state index contributed by atoms with van der Waals surface area (Å²) < 4.78 is 0. The van der Waals surface area contributed by atoms with Gasteiger partial charge in [-0.2, -0.15) is 0 Å². The monoisotopic (exact) mass is 234 g/mol. The summed E-state index contributed by atoms with van der Waals surface area (Å²) in [6.45, 7) is 5.20. The summed E-state index contributed by atoms with van der Waals surface area (Å²) in [5, 5.41) is 9.08. The number of carbonyl (C=O) groups is 1. The molecule has 1 atom stereocenters. The Bertz CT molecular complexity index is 459. The van der Waals surface area contributed by atoms with Gasteiger partial charge in [-0.05, 0) is 43.5 Å². The number of hydrogen-bond donors (Lipinski definition) is 2. The minimum absolute atomic E-state index is 0.380. The van der Waals surface area contributed by atoms with Crippen LogP contribution in [0, 0.1) is 13.8 Å². The predicted molar refractivity (Wildman–Crippen MR) is 67.3 cm³/mol. The van der Waals surface area contributed by atoms with Gasteiger partial charge in [-0.1, -0.05) is 6.07 Å². The molecule has 0 radical (unpaired) electrons. The average molecular weight is 234 g/mol. The third-order valence-corrected chi connectivity index (χ3v) is 3.58. The Morgan fingerprint density at radius 1 is 1.41 bits per heavy atom. The van der Waals surface area contributed by atoms with Crippen molar-refractivity contribution in [2.24, 2.45) is 5.73 Å². The zero-order valence-corrected chi connectivity index (χ0v) is 10.2. The molecule has 0 spiro atoms. The van der Waals surface area contributed by atoms with Crippen molar-refractivity contribution in [1.29, 1.82) is 0 Å². The van der Waals surface area contributed by atoms with Crippen molar-refractivity contribution in [3.63, 3.8) is 0 Å². The molecule has 0 aliphatic carbocycles. The summed E-state index contributed by atoms with van der Waals surface area (Å²) in [5.74, 6) is -0.913. The van der Waals surface area contributed by atoms with Gasteiger partial charge >= 0.3 is 5.97 Å². The molecular weight excluding hydrogens is 216 g/mol. The minimum Gasteiger partial charge on any atom is -0.480 e. The molecule has 3 N–H and O–H groups in total. The van der Waals surface area contributed by atoms with Crippen LogP contribution in [0.1, 0.15) is 17.5 Å². The molecule has 0 bridgehead atoms. The maximum atomic E-state index is 11.1. The predicted octanol–water partition coefficient (Wildman–Crippen LogP) is 1.30. The number of aliphatic carboxylic acids is 1. The molecule has 1 aliphatic rings. The van der Waals surface area contributed by atoms with Gasteiger partial charge < -0.3 is 15.7 Å². The first kappa shape index (κ1) is 11.9. The number of anilines is 1. The summed E-state index contributed by atoms with van der Waals surface area (Å²) in [6.07, 6.45) is 0.495. The number of nitrogens with two attached hydrogens (primary N) is 1. The number of benzene rings is 1. The number of rotatable bonds is 2. The topological polar surface area (TPSA) is 66.6 Å². The highest BCUT2D eigenvalue weighted by Gasteiger charge is 2.41. The summed E-state index contributed by atoms with van der Waals surface area (Å²) in [5.41, 5.74) is 8.27. The van der Waals surface area contributed by atoms with Crippen LogP contribution in [0.25, 0.3) is 0 Å². The van der Waals surface area contributed by atoms with E-state index in [1.807, 2.05) is 11.0 Å². The molecule has 2 rings (SSSR count). The lowest BCUT2D eigenvalue weighted by atomic mass is 10.0. The Kier molecular flexibility index (Phi) is 2.83. The highest BCUT2D eigenvalue weighted by atomic mass is 16.4. The van der Waals surface area contributed by atoms with Crippen molar-refractivity contribution in [2.75, 3.05) is 18.0 Å². The largest absolute Gasteiger partial charge is 0.480 e. The van der Waals surface area contributed by atoms with E-state index in [1.54, 1.807) is 0 Å². The van der Waals surface area contributed by atoms with Crippen LogP contribution in [0.5, 0.6) is 0 Å². The summed E-state index contributed by atoms with van der Waals surface area (Å²) in [4.78, 5) is 13.1. The number of carboxylic acid groups (broad SMARTS) is 1. The molecule has 0 saturated carbocycles. The van der Waals surface area contributed by atoms with Crippen LogP contribution >= 0.6 is 0 Å². The van der Waals surface area contributed by atoms with Crippen LogP contribution in [0.3, 0.4) is 0 Å². The van der Waals surface area contributed by atoms with E-state index in [0.717, 1.165) is 5.69 Å². The van der Waals surface area contributed by atoms with E-state index >= 15 is 0 Å². The Hall–Kier alpha value is -1.55. The third-order valence-electron chi connectivity index (χ3n) is 3.58. The second-order valence-electron chi connectivity index (χ2n) is 4.90. The van der Waals surface area contributed by atoms with Gasteiger partial charge in [-0.15, -0.1) is 0 Å². The van der Waals surface area contributed by atoms with Gasteiger partial charge in [0.15, 0.2) is 0 Å². The van der Waals surface area contributed by atoms with Crippen LogP contribution in [-0.4, -0.2) is 29.7 Å². The van der Waals surface area contributed by atoms with Crippen molar-refractivity contribution >= 4 is 11.7 Å². The second kappa shape index (κ2) is 4.04. The van der Waals surface area contributed by atoms with Gasteiger partial charge in [-0.3, -0.25) is 4.79 Å². The minimum atomic E-state index is -1.10. The van der Waals surface area contributed by atoms with E-state index in [1.165, 1.54) is 11.1 Å². The molecule has 17 heavy (non-hydrogen) atoms. The van der Waals surface area contributed by atoms with E-state index in [0.29, 0.717) is 19.5 Å². The van der Waals surface area contributed by atoms with Crippen LogP contribution in [0.2, 0.25) is 0 Å². The van der Waals surface area contributed by atoms with E-state index in [4.69, 9.17) is 10.8 Å². The number of aryl methyl sites for hydroxylation is 2. The first-order valence-electron chi connectivity index (χ1n) is 5.77. The molecule has 92 valence electrons. The molecule has 1 unspecified atom stereocenters. The molecule has 1 saturated heterocycles. The van der Waals surface area contributed by atoms with Crippen molar-refractivity contribution in [3.8, 4) is 0 Å². The molecule has 1 fully saturated rings. The molecule has 0 aromatic heterocycles. The van der Waals surface area contributed by atoms with Crippen LogP contribution in [0.15, 0.2) is 18.2 Å². The Labute approximate surface area is 101 Å². The van der Waals surface area contributed by atoms with Crippen molar-refractivity contribution < 1.29 is 9.90 Å². The lowest BCUT2D eigenvalue weighted by Gasteiger charge is -2.22. The highest BCUT2D eigenvalue weighted by molar-refractivity contribution is 5.80. The smallest absolute Gasteiger partial charge is 0.325 e. The fourth-order valence-electron chi connectivity index (χ4n) is 2.15. The van der Waals surface area contributed by atoms with Crippen molar-refractivity contribution in [3.05, 3.63) is 29.3 Å². The van der Waals surface area contributed by atoms with Gasteiger partial charge in [0.05, 0.1) is 0 Å². The summed E-state index contributed by atoms with van der Waals surface area (Å²) >= 11 is 0. The Balaban J connectivity index is 2.21. The Morgan fingerprint density at radius 2 is 2.12 bits per heavy atom. The Morgan fingerprint density at radius 3 is 2.65 bits per heavy atom. The van der Waals surface area contributed by atoms with E-state index in [9.17, 15) is 4.79 Å². The maximum absolute atomic E-state index is 11.1. The molecule has 4 heteroatoms. The van der Waals surface area contributed by atoms with Gasteiger partial charge in [-0.25, -0.2) is 0 Å². The summed E-state index contributed by atoms with van der Waals surface area (Å²) in [7, 11) is 0. The summed E-state index contributed by atoms with van der Waals surface area (Å²) in [6, 6.07) is 6.17. The standard InChI is InChI=1S/C13H18N2O2/c1-9-3-4-11(7-10(9)2)15-6-5-13(14,8-15)12(16)17/h3-4,7H,5-6,8,14H2,1-2H3,(H,16,17). The fourth-order valence-corrected chi connectivity index (χ4v) is 2.15. The van der Waals surface area contributed by atoms with E-state index < -0.39 is 11.5 Å². The molecule has 1 heterocycles. The SMILES string of the molecule is Cc1ccc(N2CCC(N)(C(=O)O)C2)cc1C. The zero-order valence-electron chi connectivity index (χ0n) is 10.2. The molecule has 0 amide bonds. The second-order valence-corrected chi connectivity index (χ2v) is 4.90. The van der Waals surface area contributed by atoms with Crippen LogP contribution in [-0.2, 0) is 4.79 Å². The highest BCUT2D eigenvalue weighted by Crippen LogP contribution is 2.26. The van der Waals surface area contributed by atoms with Gasteiger partial charge in [0, 0.05) is 18.8 Å². The number of carboxylic acids is 1. The van der Waals surface area contributed by atoms with Gasteiger partial charge in [0.25, 0.3) is 0 Å². The first-order chi connectivity index (χ1) is 7.92. The van der Waals surface area contributed by atoms with Crippen molar-refractivity contribution in [1.82, 2.24) is 0 Å². The maximum Gasteiger partial charge on any atom is 0.325 e. The zero-order chi connectivity index (χ0) is 12.6. The normalized spacial score (nSPS) is 24.1. The van der Waals surface area contributed by atoms with Gasteiger partial charge in [0.1, 0.15) is 5.54 Å². The molecular formula is C13H18N2O2. The van der Waals surface area contributed by atoms with E-state index in [-0.39, 0.29) is 0 Å². The van der Waals surface area contributed by atoms with Gasteiger partial charge in [0.2, 0.25) is 0 Å². The van der Waals surface area contributed by atoms with E-state index in [2.05, 4.69) is 26.0 Å².